The molecule has 0 bridgehead atoms. The maximum Gasteiger partial charge on any atom is 0.330 e. The zero-order valence-corrected chi connectivity index (χ0v) is 13.7. The number of nitrogens with zero attached hydrogens (tertiary/aromatic N) is 4. The Hall–Kier alpha value is -3.48. The van der Waals surface area contributed by atoms with E-state index >= 15 is 0 Å². The van der Waals surface area contributed by atoms with Crippen LogP contribution in [0.4, 0.5) is 0 Å². The van der Waals surface area contributed by atoms with Gasteiger partial charge in [-0.1, -0.05) is 17.3 Å². The zero-order valence-electron chi connectivity index (χ0n) is 13.7. The Morgan fingerprint density at radius 2 is 2.00 bits per heavy atom. The molecule has 0 saturated carbocycles. The van der Waals surface area contributed by atoms with Crippen LogP contribution in [0.5, 0.6) is 0 Å². The fourth-order valence-electron chi connectivity index (χ4n) is 2.51. The Bertz CT molecular complexity index is 1110. The van der Waals surface area contributed by atoms with Gasteiger partial charge in [-0.15, -0.1) is 0 Å². The number of aromatic amines is 1. The fraction of sp³-hybridized carbons (Fsp3) is 0.111. The topological polar surface area (TPSA) is 89.6 Å². The normalized spacial score (nSPS) is 11.0. The molecule has 3 heterocycles. The smallest absolute Gasteiger partial charge is 0.330 e. The van der Waals surface area contributed by atoms with Crippen LogP contribution in [0.15, 0.2) is 58.1 Å². The van der Waals surface area contributed by atoms with E-state index in [4.69, 9.17) is 4.52 Å². The van der Waals surface area contributed by atoms with Gasteiger partial charge in [0.25, 0.3) is 5.89 Å². The molecule has 0 aliphatic rings. The number of hydrogen-bond acceptors (Lipinski definition) is 5. The minimum atomic E-state index is -0.206. The summed E-state index contributed by atoms with van der Waals surface area (Å²) in [5, 5.41) is 4.02. The van der Waals surface area contributed by atoms with Gasteiger partial charge in [-0.25, -0.2) is 9.78 Å². The second kappa shape index (κ2) is 5.86. The van der Waals surface area contributed by atoms with E-state index in [1.807, 2.05) is 50.2 Å². The van der Waals surface area contributed by atoms with E-state index in [0.717, 1.165) is 16.8 Å². The number of rotatable bonds is 3. The molecule has 0 spiro atoms. The molecule has 0 unspecified atom stereocenters. The summed E-state index contributed by atoms with van der Waals surface area (Å²) in [7, 11) is 0. The molecule has 0 aliphatic carbocycles. The zero-order chi connectivity index (χ0) is 17.4. The molecule has 25 heavy (non-hydrogen) atoms. The molecule has 3 aromatic heterocycles. The lowest BCUT2D eigenvalue weighted by atomic mass is 10.2. The van der Waals surface area contributed by atoms with Crippen molar-refractivity contribution in [1.29, 1.82) is 0 Å². The standard InChI is InChI=1S/C18H15N5O2/c1-11-6-7-15(20-12(11)2)16-21-17(25-22-16)13-4-3-5-14(10-13)23-9-8-19-18(23)24/h3-10H,1-2H3,(H,19,24). The quantitative estimate of drug-likeness (QED) is 0.622. The van der Waals surface area contributed by atoms with Gasteiger partial charge < -0.3 is 9.51 Å². The maximum atomic E-state index is 11.8. The summed E-state index contributed by atoms with van der Waals surface area (Å²) in [5.74, 6) is 0.808. The predicted molar refractivity (Wildman–Crippen MR) is 92.4 cm³/mol. The number of aryl methyl sites for hydroxylation is 2. The van der Waals surface area contributed by atoms with E-state index < -0.39 is 0 Å². The number of nitrogens with one attached hydrogen (secondary N) is 1. The highest BCUT2D eigenvalue weighted by molar-refractivity contribution is 5.60. The summed E-state index contributed by atoms with van der Waals surface area (Å²) < 4.78 is 6.89. The summed E-state index contributed by atoms with van der Waals surface area (Å²) in [6.45, 7) is 3.94. The van der Waals surface area contributed by atoms with Crippen LogP contribution in [0, 0.1) is 13.8 Å². The van der Waals surface area contributed by atoms with Crippen LogP contribution in [-0.2, 0) is 0 Å². The largest absolute Gasteiger partial charge is 0.334 e. The number of aromatic nitrogens is 5. The van der Waals surface area contributed by atoms with Gasteiger partial charge in [0.1, 0.15) is 5.69 Å². The van der Waals surface area contributed by atoms with E-state index in [-0.39, 0.29) is 5.69 Å². The molecule has 0 aliphatic heterocycles. The van der Waals surface area contributed by atoms with Gasteiger partial charge in [0.15, 0.2) is 0 Å². The van der Waals surface area contributed by atoms with Crippen molar-refractivity contribution in [1.82, 2.24) is 24.7 Å². The third kappa shape index (κ3) is 2.76. The molecular weight excluding hydrogens is 318 g/mol. The van der Waals surface area contributed by atoms with E-state index in [2.05, 4.69) is 20.1 Å². The highest BCUT2D eigenvalue weighted by Crippen LogP contribution is 2.23. The summed E-state index contributed by atoms with van der Waals surface area (Å²) in [6, 6.07) is 11.2. The van der Waals surface area contributed by atoms with Gasteiger partial charge in [-0.3, -0.25) is 4.57 Å². The van der Waals surface area contributed by atoms with Gasteiger partial charge >= 0.3 is 5.69 Å². The van der Waals surface area contributed by atoms with Gasteiger partial charge in [0.2, 0.25) is 5.82 Å². The lowest BCUT2D eigenvalue weighted by Gasteiger charge is -2.02. The summed E-state index contributed by atoms with van der Waals surface area (Å²) >= 11 is 0. The number of imidazole rings is 1. The Labute approximate surface area is 143 Å². The molecule has 0 saturated heterocycles. The molecule has 1 N–H and O–H groups in total. The van der Waals surface area contributed by atoms with Gasteiger partial charge in [0, 0.05) is 23.7 Å². The maximum absolute atomic E-state index is 11.8. The van der Waals surface area contributed by atoms with E-state index in [1.165, 1.54) is 4.57 Å². The van der Waals surface area contributed by atoms with Crippen molar-refractivity contribution >= 4 is 0 Å². The van der Waals surface area contributed by atoms with E-state index in [9.17, 15) is 4.79 Å². The SMILES string of the molecule is Cc1ccc(-c2noc(-c3cccc(-n4cc[nH]c4=O)c3)n2)nc1C. The molecule has 7 nitrogen and oxygen atoms in total. The van der Waals surface area contributed by atoms with Crippen molar-refractivity contribution in [3.63, 3.8) is 0 Å². The third-order valence-electron chi connectivity index (χ3n) is 4.03. The molecule has 7 heteroatoms. The van der Waals surface area contributed by atoms with Crippen molar-refractivity contribution in [2.24, 2.45) is 0 Å². The number of H-pyrrole nitrogens is 1. The number of pyridine rings is 1. The lowest BCUT2D eigenvalue weighted by Crippen LogP contribution is -2.13. The van der Waals surface area contributed by atoms with Crippen molar-refractivity contribution in [3.05, 3.63) is 70.5 Å². The first-order valence-corrected chi connectivity index (χ1v) is 7.77. The Morgan fingerprint density at radius 3 is 2.76 bits per heavy atom. The van der Waals surface area contributed by atoms with Crippen LogP contribution in [0.25, 0.3) is 28.7 Å². The minimum Gasteiger partial charge on any atom is -0.334 e. The molecule has 0 atom stereocenters. The van der Waals surface area contributed by atoms with Gasteiger partial charge in [-0.2, -0.15) is 4.98 Å². The Kier molecular flexibility index (Phi) is 3.53. The minimum absolute atomic E-state index is 0.206. The van der Waals surface area contributed by atoms with E-state index in [0.29, 0.717) is 23.1 Å². The molecule has 0 amide bonds. The van der Waals surface area contributed by atoms with Gasteiger partial charge in [-0.05, 0) is 43.7 Å². The fourth-order valence-corrected chi connectivity index (χ4v) is 2.51. The lowest BCUT2D eigenvalue weighted by molar-refractivity contribution is 0.432. The Morgan fingerprint density at radius 1 is 1.12 bits per heavy atom. The molecule has 4 aromatic rings. The summed E-state index contributed by atoms with van der Waals surface area (Å²) in [6.07, 6.45) is 3.25. The van der Waals surface area contributed by atoms with Crippen LogP contribution in [0.1, 0.15) is 11.3 Å². The third-order valence-corrected chi connectivity index (χ3v) is 4.03. The van der Waals surface area contributed by atoms with Crippen LogP contribution in [0.3, 0.4) is 0 Å². The Balaban J connectivity index is 1.72. The highest BCUT2D eigenvalue weighted by atomic mass is 16.5. The average molecular weight is 333 g/mol. The van der Waals surface area contributed by atoms with Crippen LogP contribution in [0.2, 0.25) is 0 Å². The van der Waals surface area contributed by atoms with Gasteiger partial charge in [0.05, 0.1) is 5.69 Å². The van der Waals surface area contributed by atoms with Crippen LogP contribution in [-0.4, -0.2) is 24.7 Å². The molecular formula is C18H15N5O2. The van der Waals surface area contributed by atoms with Crippen LogP contribution >= 0.6 is 0 Å². The number of hydrogen-bond donors (Lipinski definition) is 1. The molecule has 1 aromatic carbocycles. The highest BCUT2D eigenvalue weighted by Gasteiger charge is 2.13. The van der Waals surface area contributed by atoms with Crippen molar-refractivity contribution in [2.75, 3.05) is 0 Å². The first-order valence-electron chi connectivity index (χ1n) is 7.77. The number of benzene rings is 1. The first-order chi connectivity index (χ1) is 12.1. The van der Waals surface area contributed by atoms with Crippen molar-refractivity contribution in [3.8, 4) is 28.7 Å². The average Bonchev–Trinajstić information content (AvgIpc) is 3.27. The van der Waals surface area contributed by atoms with Crippen molar-refractivity contribution in [2.45, 2.75) is 13.8 Å². The molecule has 124 valence electrons. The monoisotopic (exact) mass is 333 g/mol. The first kappa shape index (κ1) is 15.1. The molecule has 4 rings (SSSR count). The second-order valence-electron chi connectivity index (χ2n) is 5.71. The summed E-state index contributed by atoms with van der Waals surface area (Å²) in [4.78, 5) is 23.3. The summed E-state index contributed by atoms with van der Waals surface area (Å²) in [5.41, 5.74) is 3.94. The second-order valence-corrected chi connectivity index (χ2v) is 5.71. The molecule has 0 radical (unpaired) electrons. The molecule has 0 fully saturated rings. The van der Waals surface area contributed by atoms with Crippen LogP contribution < -0.4 is 5.69 Å². The van der Waals surface area contributed by atoms with E-state index in [1.54, 1.807) is 12.4 Å². The predicted octanol–water partition coefficient (Wildman–Crippen LogP) is 2.89. The van der Waals surface area contributed by atoms with Crippen molar-refractivity contribution < 1.29 is 4.52 Å².